The van der Waals surface area contributed by atoms with Crippen molar-refractivity contribution in [3.8, 4) is 0 Å². The summed E-state index contributed by atoms with van der Waals surface area (Å²) in [5.74, 6) is -1.02. The van der Waals surface area contributed by atoms with Crippen LogP contribution in [0.5, 0.6) is 0 Å². The Morgan fingerprint density at radius 1 is 1.30 bits per heavy atom. The Hall–Kier alpha value is -2.21. The van der Waals surface area contributed by atoms with Crippen LogP contribution in [0.1, 0.15) is 41.6 Å². The minimum absolute atomic E-state index is 0.129. The molecule has 2 rings (SSSR count). The fourth-order valence-corrected chi connectivity index (χ4v) is 3.11. The van der Waals surface area contributed by atoms with Crippen LogP contribution in [0.3, 0.4) is 0 Å². The molecule has 2 aromatic rings. The number of aliphatic carboxylic acids is 1. The van der Waals surface area contributed by atoms with Gasteiger partial charge in [0.1, 0.15) is 5.01 Å². The highest BCUT2D eigenvalue weighted by molar-refractivity contribution is 7.09. The number of amides is 1. The van der Waals surface area contributed by atoms with Crippen molar-refractivity contribution in [2.45, 2.75) is 39.5 Å². The van der Waals surface area contributed by atoms with E-state index >= 15 is 0 Å². The molecule has 0 fully saturated rings. The average molecular weight is 331 g/mol. The Labute approximate surface area is 139 Å². The van der Waals surface area contributed by atoms with E-state index in [0.717, 1.165) is 16.8 Å². The lowest BCUT2D eigenvalue weighted by atomic mass is 9.98. The number of anilines is 1. The number of carboxylic acids is 1. The summed E-state index contributed by atoms with van der Waals surface area (Å²) in [6.07, 6.45) is -0.100. The van der Waals surface area contributed by atoms with Crippen molar-refractivity contribution < 1.29 is 14.7 Å². The number of hydrogen-bond acceptors (Lipinski definition) is 5. The van der Waals surface area contributed by atoms with E-state index in [4.69, 9.17) is 0 Å². The molecule has 23 heavy (non-hydrogen) atoms. The third-order valence-corrected chi connectivity index (χ3v) is 4.33. The minimum atomic E-state index is -1.17. The summed E-state index contributed by atoms with van der Waals surface area (Å²) in [4.78, 5) is 27.0. The topological polar surface area (TPSA) is 82.1 Å². The smallest absolute Gasteiger partial charge is 0.231 e. The van der Waals surface area contributed by atoms with Gasteiger partial charge < -0.3 is 15.2 Å². The Balaban J connectivity index is 2.08. The van der Waals surface area contributed by atoms with Gasteiger partial charge in [-0.25, -0.2) is 4.98 Å². The lowest BCUT2D eigenvalue weighted by molar-refractivity contribution is -0.304. The van der Waals surface area contributed by atoms with Crippen LogP contribution >= 0.6 is 11.3 Å². The summed E-state index contributed by atoms with van der Waals surface area (Å²) in [7, 11) is 0. The highest BCUT2D eigenvalue weighted by Crippen LogP contribution is 2.27. The third-order valence-electron chi connectivity index (χ3n) is 3.43. The van der Waals surface area contributed by atoms with Crippen molar-refractivity contribution in [3.05, 3.63) is 45.4 Å². The number of carboxylic acid groups (broad SMARTS) is 1. The summed E-state index contributed by atoms with van der Waals surface area (Å²) in [6.45, 7) is 6.12. The van der Waals surface area contributed by atoms with Crippen LogP contribution in [0.2, 0.25) is 0 Å². The van der Waals surface area contributed by atoms with E-state index in [1.54, 1.807) is 5.38 Å². The Kier molecular flexibility index (Phi) is 5.50. The highest BCUT2D eigenvalue weighted by Gasteiger charge is 2.14. The number of aryl methyl sites for hydroxylation is 1. The van der Waals surface area contributed by atoms with Crippen LogP contribution in [0.15, 0.2) is 23.6 Å². The molecule has 0 atom stereocenters. The van der Waals surface area contributed by atoms with Crippen LogP contribution < -0.4 is 10.4 Å². The zero-order valence-electron chi connectivity index (χ0n) is 13.4. The number of para-hydroxylation sites is 1. The second-order valence-corrected chi connectivity index (χ2v) is 6.64. The van der Waals surface area contributed by atoms with E-state index in [1.165, 1.54) is 11.3 Å². The number of hydrogen-bond donors (Lipinski definition) is 1. The van der Waals surface area contributed by atoms with E-state index in [1.807, 2.05) is 25.1 Å². The molecule has 1 N–H and O–H groups in total. The molecule has 1 aromatic heterocycles. The maximum Gasteiger partial charge on any atom is 0.231 e. The number of nitrogens with zero attached hydrogens (tertiary/aromatic N) is 1. The molecule has 0 saturated carbocycles. The molecule has 0 aliphatic heterocycles. The first-order valence-electron chi connectivity index (χ1n) is 7.39. The van der Waals surface area contributed by atoms with Gasteiger partial charge in [-0.05, 0) is 24.0 Å². The van der Waals surface area contributed by atoms with Crippen LogP contribution in [0.25, 0.3) is 0 Å². The van der Waals surface area contributed by atoms with Gasteiger partial charge in [0.2, 0.25) is 5.91 Å². The van der Waals surface area contributed by atoms with Crippen molar-refractivity contribution in [2.75, 3.05) is 5.32 Å². The predicted molar refractivity (Wildman–Crippen MR) is 88.4 cm³/mol. The summed E-state index contributed by atoms with van der Waals surface area (Å²) >= 11 is 1.28. The average Bonchev–Trinajstić information content (AvgIpc) is 2.86. The maximum absolute atomic E-state index is 12.3. The molecule has 1 amide bonds. The molecule has 0 spiro atoms. The minimum Gasteiger partial charge on any atom is -0.550 e. The van der Waals surface area contributed by atoms with E-state index in [0.29, 0.717) is 16.6 Å². The summed E-state index contributed by atoms with van der Waals surface area (Å²) in [5.41, 5.74) is 3.38. The first kappa shape index (κ1) is 17.1. The lowest BCUT2D eigenvalue weighted by Gasteiger charge is -2.16. The Morgan fingerprint density at radius 2 is 2.04 bits per heavy atom. The molecule has 0 bridgehead atoms. The zero-order valence-corrected chi connectivity index (χ0v) is 14.2. The summed E-state index contributed by atoms with van der Waals surface area (Å²) in [5, 5.41) is 15.8. The first-order valence-corrected chi connectivity index (χ1v) is 8.27. The van der Waals surface area contributed by atoms with Crippen molar-refractivity contribution in [3.63, 3.8) is 0 Å². The van der Waals surface area contributed by atoms with Crippen molar-refractivity contribution in [2.24, 2.45) is 0 Å². The van der Waals surface area contributed by atoms with E-state index in [2.05, 4.69) is 24.1 Å². The second kappa shape index (κ2) is 7.37. The quantitative estimate of drug-likeness (QED) is 0.878. The van der Waals surface area contributed by atoms with Gasteiger partial charge >= 0.3 is 0 Å². The number of benzene rings is 1. The van der Waals surface area contributed by atoms with E-state index in [9.17, 15) is 14.7 Å². The Morgan fingerprint density at radius 3 is 2.70 bits per heavy atom. The van der Waals surface area contributed by atoms with Crippen LogP contribution in [0.4, 0.5) is 5.69 Å². The fraction of sp³-hybridized carbons (Fsp3) is 0.353. The zero-order chi connectivity index (χ0) is 17.0. The largest absolute Gasteiger partial charge is 0.550 e. The first-order chi connectivity index (χ1) is 10.9. The van der Waals surface area contributed by atoms with E-state index < -0.39 is 5.97 Å². The third kappa shape index (κ3) is 4.63. The van der Waals surface area contributed by atoms with Gasteiger partial charge in [-0.3, -0.25) is 4.79 Å². The van der Waals surface area contributed by atoms with Crippen molar-refractivity contribution >= 4 is 28.9 Å². The van der Waals surface area contributed by atoms with Crippen molar-refractivity contribution in [1.82, 2.24) is 4.98 Å². The number of rotatable bonds is 6. The number of aromatic nitrogens is 1. The maximum atomic E-state index is 12.3. The normalized spacial score (nSPS) is 10.8. The van der Waals surface area contributed by atoms with Crippen LogP contribution in [0, 0.1) is 6.92 Å². The number of thiazole rings is 1. The van der Waals surface area contributed by atoms with Gasteiger partial charge in [-0.2, -0.15) is 0 Å². The second-order valence-electron chi connectivity index (χ2n) is 5.70. The SMILES string of the molecule is Cc1cccc(C(C)C)c1NC(=O)Cc1nc(CC(=O)[O-])cs1. The molecule has 5 nitrogen and oxygen atoms in total. The molecular weight excluding hydrogens is 312 g/mol. The molecule has 0 aliphatic rings. The highest BCUT2D eigenvalue weighted by atomic mass is 32.1. The fourth-order valence-electron chi connectivity index (χ4n) is 2.32. The number of carbonyl (C=O) groups is 2. The predicted octanol–water partition coefficient (Wildman–Crippen LogP) is 2.05. The summed E-state index contributed by atoms with van der Waals surface area (Å²) in [6, 6.07) is 5.95. The molecule has 1 aromatic carbocycles. The molecule has 0 radical (unpaired) electrons. The van der Waals surface area contributed by atoms with Gasteiger partial charge in [0.15, 0.2) is 0 Å². The molecule has 6 heteroatoms. The van der Waals surface area contributed by atoms with Crippen LogP contribution in [-0.2, 0) is 22.4 Å². The number of carbonyl (C=O) groups excluding carboxylic acids is 2. The monoisotopic (exact) mass is 331 g/mol. The van der Waals surface area contributed by atoms with Gasteiger partial charge in [-0.1, -0.05) is 32.0 Å². The molecule has 0 saturated heterocycles. The number of nitrogens with one attached hydrogen (secondary N) is 1. The van der Waals surface area contributed by atoms with Gasteiger partial charge in [0, 0.05) is 23.5 Å². The molecule has 122 valence electrons. The standard InChI is InChI=1S/C17H20N2O3S/c1-10(2)13-6-4-5-11(3)17(13)19-14(20)8-15-18-12(9-23-15)7-16(21)22/h4-6,9-10H,7-8H2,1-3H3,(H,19,20)(H,21,22)/p-1. The molecule has 1 heterocycles. The van der Waals surface area contributed by atoms with Crippen molar-refractivity contribution in [1.29, 1.82) is 0 Å². The van der Waals surface area contributed by atoms with Gasteiger partial charge in [-0.15, -0.1) is 11.3 Å². The molecule has 0 unspecified atom stereocenters. The van der Waals surface area contributed by atoms with Gasteiger partial charge in [0.25, 0.3) is 0 Å². The van der Waals surface area contributed by atoms with Crippen LogP contribution in [-0.4, -0.2) is 16.9 Å². The summed E-state index contributed by atoms with van der Waals surface area (Å²) < 4.78 is 0. The van der Waals surface area contributed by atoms with E-state index in [-0.39, 0.29) is 18.7 Å². The van der Waals surface area contributed by atoms with Gasteiger partial charge in [0.05, 0.1) is 12.1 Å². The Bertz CT molecular complexity index is 722. The molecular formula is C17H19N2O3S-. The molecule has 0 aliphatic carbocycles. The lowest BCUT2D eigenvalue weighted by Crippen LogP contribution is -2.24.